The van der Waals surface area contributed by atoms with Crippen molar-refractivity contribution in [3.05, 3.63) is 40.2 Å². The van der Waals surface area contributed by atoms with E-state index >= 15 is 0 Å². The van der Waals surface area contributed by atoms with Crippen molar-refractivity contribution in [3.8, 4) is 0 Å². The number of nitrogen functional groups attached to an aromatic ring is 1. The van der Waals surface area contributed by atoms with E-state index in [1.54, 1.807) is 23.7 Å². The van der Waals surface area contributed by atoms with Gasteiger partial charge in [0.25, 0.3) is 5.56 Å². The lowest BCUT2D eigenvalue weighted by Gasteiger charge is -2.08. The Labute approximate surface area is 81.8 Å². The van der Waals surface area contributed by atoms with Gasteiger partial charge in [0.1, 0.15) is 0 Å². The first kappa shape index (κ1) is 8.81. The Morgan fingerprint density at radius 1 is 1.29 bits per heavy atom. The summed E-state index contributed by atoms with van der Waals surface area (Å²) in [6.07, 6.45) is 0. The van der Waals surface area contributed by atoms with Gasteiger partial charge in [-0.05, 0) is 30.7 Å². The predicted octanol–water partition coefficient (Wildman–Crippen LogP) is 1.43. The summed E-state index contributed by atoms with van der Waals surface area (Å²) in [5, 5.41) is 1.00. The summed E-state index contributed by atoms with van der Waals surface area (Å²) in [5.41, 5.74) is 8.40. The molecule has 1 aromatic carbocycles. The van der Waals surface area contributed by atoms with Crippen LogP contribution in [0.15, 0.2) is 29.1 Å². The molecule has 1 heterocycles. The predicted molar refractivity (Wildman–Crippen MR) is 58.3 cm³/mol. The molecule has 72 valence electrons. The Bertz CT molecular complexity index is 555. The molecule has 14 heavy (non-hydrogen) atoms. The summed E-state index contributed by atoms with van der Waals surface area (Å²) >= 11 is 0. The van der Waals surface area contributed by atoms with Crippen LogP contribution in [0.4, 0.5) is 5.69 Å². The van der Waals surface area contributed by atoms with Crippen LogP contribution >= 0.6 is 0 Å². The number of hydrogen-bond donors (Lipinski definition) is 1. The van der Waals surface area contributed by atoms with E-state index in [1.165, 1.54) is 0 Å². The fourth-order valence-electron chi connectivity index (χ4n) is 1.73. The van der Waals surface area contributed by atoms with Crippen molar-refractivity contribution >= 4 is 16.6 Å². The van der Waals surface area contributed by atoms with Gasteiger partial charge in [0, 0.05) is 18.5 Å². The van der Waals surface area contributed by atoms with E-state index in [9.17, 15) is 4.79 Å². The Kier molecular flexibility index (Phi) is 1.81. The van der Waals surface area contributed by atoms with Gasteiger partial charge >= 0.3 is 0 Å². The normalized spacial score (nSPS) is 10.7. The third-order valence-electron chi connectivity index (χ3n) is 2.38. The molecule has 0 spiro atoms. The van der Waals surface area contributed by atoms with Crippen LogP contribution in [0, 0.1) is 6.92 Å². The van der Waals surface area contributed by atoms with Gasteiger partial charge in [-0.25, -0.2) is 0 Å². The monoisotopic (exact) mass is 188 g/mol. The molecule has 0 bridgehead atoms. The van der Waals surface area contributed by atoms with Crippen LogP contribution in [0.25, 0.3) is 10.9 Å². The molecule has 0 unspecified atom stereocenters. The number of pyridine rings is 1. The molecule has 0 radical (unpaired) electrons. The van der Waals surface area contributed by atoms with Gasteiger partial charge in [0.15, 0.2) is 0 Å². The second kappa shape index (κ2) is 2.87. The third-order valence-corrected chi connectivity index (χ3v) is 2.38. The topological polar surface area (TPSA) is 48.0 Å². The number of benzene rings is 1. The van der Waals surface area contributed by atoms with E-state index in [4.69, 9.17) is 5.73 Å². The van der Waals surface area contributed by atoms with Gasteiger partial charge in [0.2, 0.25) is 0 Å². The fourth-order valence-corrected chi connectivity index (χ4v) is 1.73. The fraction of sp³-hybridized carbons (Fsp3) is 0.182. The molecule has 0 saturated heterocycles. The number of nitrogens with zero attached hydrogens (tertiary/aromatic N) is 1. The van der Waals surface area contributed by atoms with Crippen molar-refractivity contribution in [1.82, 2.24) is 4.57 Å². The lowest BCUT2D eigenvalue weighted by Crippen LogP contribution is -2.16. The number of fused-ring (bicyclic) bond motifs is 1. The summed E-state index contributed by atoms with van der Waals surface area (Å²) < 4.78 is 1.57. The maximum Gasteiger partial charge on any atom is 0.250 e. The van der Waals surface area contributed by atoms with Crippen LogP contribution in [-0.4, -0.2) is 4.57 Å². The maximum atomic E-state index is 11.4. The van der Waals surface area contributed by atoms with Crippen molar-refractivity contribution in [1.29, 1.82) is 0 Å². The lowest BCUT2D eigenvalue weighted by atomic mass is 10.1. The van der Waals surface area contributed by atoms with Crippen LogP contribution in [0.1, 0.15) is 5.56 Å². The van der Waals surface area contributed by atoms with Crippen molar-refractivity contribution in [2.75, 3.05) is 5.73 Å². The Balaban J connectivity index is 3.03. The molecular formula is C11H12N2O. The van der Waals surface area contributed by atoms with E-state index in [0.717, 1.165) is 16.5 Å². The molecular weight excluding hydrogens is 176 g/mol. The zero-order chi connectivity index (χ0) is 10.3. The Morgan fingerprint density at radius 2 is 2.00 bits per heavy atom. The quantitative estimate of drug-likeness (QED) is 0.636. The first-order valence-corrected chi connectivity index (χ1v) is 4.45. The van der Waals surface area contributed by atoms with Crippen molar-refractivity contribution < 1.29 is 0 Å². The number of aromatic nitrogens is 1. The van der Waals surface area contributed by atoms with E-state index in [0.29, 0.717) is 5.69 Å². The van der Waals surface area contributed by atoms with Crippen LogP contribution in [-0.2, 0) is 7.05 Å². The second-order valence-electron chi connectivity index (χ2n) is 3.52. The van der Waals surface area contributed by atoms with Gasteiger partial charge in [-0.3, -0.25) is 4.79 Å². The average Bonchev–Trinajstić information content (AvgIpc) is 2.10. The zero-order valence-corrected chi connectivity index (χ0v) is 8.24. The summed E-state index contributed by atoms with van der Waals surface area (Å²) in [6, 6.07) is 7.26. The molecule has 2 N–H and O–H groups in total. The minimum atomic E-state index is -0.0342. The van der Waals surface area contributed by atoms with E-state index in [2.05, 4.69) is 0 Å². The largest absolute Gasteiger partial charge is 0.397 e. The minimum absolute atomic E-state index is 0.0342. The van der Waals surface area contributed by atoms with Crippen molar-refractivity contribution in [2.24, 2.45) is 7.05 Å². The highest BCUT2D eigenvalue weighted by molar-refractivity contribution is 5.90. The summed E-state index contributed by atoms with van der Waals surface area (Å²) in [5.74, 6) is 0. The minimum Gasteiger partial charge on any atom is -0.397 e. The number of aryl methyl sites for hydroxylation is 2. The number of rotatable bonds is 0. The Morgan fingerprint density at radius 3 is 2.71 bits per heavy atom. The number of nitrogens with two attached hydrogens (primary N) is 1. The first-order chi connectivity index (χ1) is 6.59. The molecule has 0 aliphatic rings. The second-order valence-corrected chi connectivity index (χ2v) is 3.52. The van der Waals surface area contributed by atoms with Gasteiger partial charge in [-0.1, -0.05) is 0 Å². The highest BCUT2D eigenvalue weighted by Gasteiger charge is 2.03. The number of hydrogen-bond acceptors (Lipinski definition) is 2. The van der Waals surface area contributed by atoms with E-state index in [-0.39, 0.29) is 5.56 Å². The molecule has 0 aliphatic heterocycles. The van der Waals surface area contributed by atoms with Gasteiger partial charge < -0.3 is 10.3 Å². The highest BCUT2D eigenvalue weighted by Crippen LogP contribution is 2.20. The van der Waals surface area contributed by atoms with Crippen molar-refractivity contribution in [3.63, 3.8) is 0 Å². The molecule has 0 saturated carbocycles. The summed E-state index contributed by atoms with van der Waals surface area (Å²) in [4.78, 5) is 11.4. The summed E-state index contributed by atoms with van der Waals surface area (Å²) in [6.45, 7) is 1.99. The van der Waals surface area contributed by atoms with Crippen LogP contribution in [0.3, 0.4) is 0 Å². The van der Waals surface area contributed by atoms with E-state index in [1.807, 2.05) is 19.1 Å². The van der Waals surface area contributed by atoms with E-state index < -0.39 is 0 Å². The SMILES string of the molecule is Cc1cc(N)c2c(ccc(=O)n2C)c1. The zero-order valence-electron chi connectivity index (χ0n) is 8.24. The molecule has 0 amide bonds. The average molecular weight is 188 g/mol. The smallest absolute Gasteiger partial charge is 0.250 e. The maximum absolute atomic E-state index is 11.4. The molecule has 0 atom stereocenters. The van der Waals surface area contributed by atoms with Gasteiger partial charge in [0.05, 0.1) is 11.2 Å². The molecule has 0 fully saturated rings. The molecule has 3 nitrogen and oxygen atoms in total. The first-order valence-electron chi connectivity index (χ1n) is 4.45. The Hall–Kier alpha value is -1.77. The molecule has 2 rings (SSSR count). The molecule has 2 aromatic rings. The van der Waals surface area contributed by atoms with Gasteiger partial charge in [-0.2, -0.15) is 0 Å². The van der Waals surface area contributed by atoms with Crippen LogP contribution in [0.2, 0.25) is 0 Å². The highest BCUT2D eigenvalue weighted by atomic mass is 16.1. The lowest BCUT2D eigenvalue weighted by molar-refractivity contribution is 0.907. The number of anilines is 1. The van der Waals surface area contributed by atoms with Crippen LogP contribution in [0.5, 0.6) is 0 Å². The standard InChI is InChI=1S/C11H12N2O/c1-7-5-8-3-4-10(14)13(2)11(8)9(12)6-7/h3-6H,12H2,1-2H3. The molecule has 0 aliphatic carbocycles. The van der Waals surface area contributed by atoms with Gasteiger partial charge in [-0.15, -0.1) is 0 Å². The van der Waals surface area contributed by atoms with Crippen LogP contribution < -0.4 is 11.3 Å². The molecule has 3 heteroatoms. The van der Waals surface area contributed by atoms with Crippen molar-refractivity contribution in [2.45, 2.75) is 6.92 Å². The summed E-state index contributed by atoms with van der Waals surface area (Å²) in [7, 11) is 1.73. The molecule has 1 aromatic heterocycles. The third kappa shape index (κ3) is 1.18.